The van der Waals surface area contributed by atoms with Crippen LogP contribution < -0.4 is 4.90 Å². The lowest BCUT2D eigenvalue weighted by Crippen LogP contribution is -2.21. The van der Waals surface area contributed by atoms with Crippen molar-refractivity contribution in [1.82, 2.24) is 0 Å². The monoisotopic (exact) mass is 209 g/mol. The van der Waals surface area contributed by atoms with Crippen molar-refractivity contribution in [2.75, 3.05) is 17.2 Å². The molecule has 0 aromatic heterocycles. The third kappa shape index (κ3) is 1.86. The molecule has 1 aromatic rings. The topological polar surface area (TPSA) is 3.24 Å². The summed E-state index contributed by atoms with van der Waals surface area (Å²) < 4.78 is 1.01. The fraction of sp³-hybridized carbons (Fsp3) is 0.300. The molecule has 68 valence electrons. The van der Waals surface area contributed by atoms with Crippen molar-refractivity contribution in [2.24, 2.45) is 0 Å². The predicted molar refractivity (Wildman–Crippen MR) is 63.6 cm³/mol. The van der Waals surface area contributed by atoms with E-state index in [9.17, 15) is 0 Å². The molecule has 0 amide bonds. The van der Waals surface area contributed by atoms with Crippen molar-refractivity contribution < 1.29 is 0 Å². The third-order valence-electron chi connectivity index (χ3n) is 2.07. The maximum Gasteiger partial charge on any atom is 0.140 e. The van der Waals surface area contributed by atoms with Crippen molar-refractivity contribution in [3.8, 4) is 0 Å². The molecule has 1 aliphatic heterocycles. The second-order valence-corrected chi connectivity index (χ2v) is 4.83. The largest absolute Gasteiger partial charge is 0.326 e. The van der Waals surface area contributed by atoms with Crippen LogP contribution in [0.2, 0.25) is 0 Å². The molecule has 1 heterocycles. The van der Waals surface area contributed by atoms with Crippen LogP contribution in [0.4, 0.5) is 5.69 Å². The van der Waals surface area contributed by atoms with Crippen LogP contribution in [-0.4, -0.2) is 16.6 Å². The lowest BCUT2D eigenvalue weighted by molar-refractivity contribution is 1.11. The van der Waals surface area contributed by atoms with Gasteiger partial charge in [-0.25, -0.2) is 0 Å². The Morgan fingerprint density at radius 3 is 2.92 bits per heavy atom. The van der Waals surface area contributed by atoms with Gasteiger partial charge < -0.3 is 4.90 Å². The Hall–Kier alpha value is -0.540. The summed E-state index contributed by atoms with van der Waals surface area (Å²) in [7, 11) is 0. The van der Waals surface area contributed by atoms with Gasteiger partial charge in [0, 0.05) is 18.0 Å². The van der Waals surface area contributed by atoms with Gasteiger partial charge in [0.15, 0.2) is 0 Å². The van der Waals surface area contributed by atoms with Gasteiger partial charge in [0.1, 0.15) is 4.32 Å². The van der Waals surface area contributed by atoms with E-state index < -0.39 is 0 Å². The van der Waals surface area contributed by atoms with E-state index in [1.165, 1.54) is 11.3 Å². The average molecular weight is 209 g/mol. The number of benzene rings is 1. The zero-order valence-electron chi connectivity index (χ0n) is 7.49. The van der Waals surface area contributed by atoms with E-state index in [0.717, 1.165) is 16.6 Å². The summed E-state index contributed by atoms with van der Waals surface area (Å²) in [6.07, 6.45) is 0. The Labute approximate surface area is 88.1 Å². The lowest BCUT2D eigenvalue weighted by Gasteiger charge is -2.16. The molecule has 0 aliphatic carbocycles. The quantitative estimate of drug-likeness (QED) is 0.655. The summed E-state index contributed by atoms with van der Waals surface area (Å²) in [6, 6.07) is 8.48. The SMILES string of the molecule is Cc1cccc(N2CCSC2=S)c1. The lowest BCUT2D eigenvalue weighted by atomic mass is 10.2. The fourth-order valence-electron chi connectivity index (χ4n) is 1.42. The van der Waals surface area contributed by atoms with Gasteiger partial charge in [-0.05, 0) is 24.6 Å². The molecule has 1 aliphatic rings. The van der Waals surface area contributed by atoms with E-state index in [2.05, 4.69) is 36.1 Å². The number of hydrogen-bond acceptors (Lipinski definition) is 2. The molecule has 1 saturated heterocycles. The van der Waals surface area contributed by atoms with Gasteiger partial charge in [0.25, 0.3) is 0 Å². The first-order valence-electron chi connectivity index (χ1n) is 4.28. The van der Waals surface area contributed by atoms with Crippen molar-refractivity contribution in [3.63, 3.8) is 0 Å². The van der Waals surface area contributed by atoms with Crippen molar-refractivity contribution in [2.45, 2.75) is 6.92 Å². The maximum atomic E-state index is 5.25. The van der Waals surface area contributed by atoms with Gasteiger partial charge in [-0.3, -0.25) is 0 Å². The van der Waals surface area contributed by atoms with E-state index in [1.54, 1.807) is 11.8 Å². The summed E-state index contributed by atoms with van der Waals surface area (Å²) in [5.41, 5.74) is 2.52. The second-order valence-electron chi connectivity index (χ2n) is 3.11. The Bertz CT molecular complexity index is 335. The first kappa shape index (κ1) is 9.03. The Morgan fingerprint density at radius 1 is 1.46 bits per heavy atom. The molecule has 0 radical (unpaired) electrons. The Balaban J connectivity index is 2.29. The number of rotatable bonds is 1. The molecule has 1 aromatic carbocycles. The predicted octanol–water partition coefficient (Wildman–Crippen LogP) is 2.83. The van der Waals surface area contributed by atoms with E-state index in [0.29, 0.717) is 0 Å². The summed E-state index contributed by atoms with van der Waals surface area (Å²) in [5, 5.41) is 0. The molecule has 0 unspecified atom stereocenters. The van der Waals surface area contributed by atoms with Gasteiger partial charge >= 0.3 is 0 Å². The van der Waals surface area contributed by atoms with E-state index in [4.69, 9.17) is 12.2 Å². The molecule has 13 heavy (non-hydrogen) atoms. The van der Waals surface area contributed by atoms with Crippen LogP contribution in [0.15, 0.2) is 24.3 Å². The smallest absolute Gasteiger partial charge is 0.140 e. The van der Waals surface area contributed by atoms with E-state index in [-0.39, 0.29) is 0 Å². The molecule has 0 bridgehead atoms. The number of anilines is 1. The van der Waals surface area contributed by atoms with Crippen LogP contribution in [0.1, 0.15) is 5.56 Å². The third-order valence-corrected chi connectivity index (χ3v) is 3.50. The molecule has 0 atom stereocenters. The average Bonchev–Trinajstić information content (AvgIpc) is 2.51. The van der Waals surface area contributed by atoms with Crippen LogP contribution in [0, 0.1) is 6.92 Å². The summed E-state index contributed by atoms with van der Waals surface area (Å²) >= 11 is 7.02. The zero-order chi connectivity index (χ0) is 9.26. The highest BCUT2D eigenvalue weighted by molar-refractivity contribution is 8.23. The number of thiocarbonyl (C=S) groups is 1. The van der Waals surface area contributed by atoms with E-state index in [1.807, 2.05) is 0 Å². The minimum atomic E-state index is 1.01. The van der Waals surface area contributed by atoms with Crippen molar-refractivity contribution >= 4 is 34.0 Å². The van der Waals surface area contributed by atoms with Crippen LogP contribution in [0.5, 0.6) is 0 Å². The van der Waals surface area contributed by atoms with Crippen LogP contribution >= 0.6 is 24.0 Å². The van der Waals surface area contributed by atoms with Crippen LogP contribution in [0.25, 0.3) is 0 Å². The summed E-state index contributed by atoms with van der Waals surface area (Å²) in [5.74, 6) is 1.12. The number of thioether (sulfide) groups is 1. The normalized spacial score (nSPS) is 16.7. The Kier molecular flexibility index (Phi) is 2.56. The highest BCUT2D eigenvalue weighted by atomic mass is 32.2. The molecule has 3 heteroatoms. The van der Waals surface area contributed by atoms with Crippen molar-refractivity contribution in [1.29, 1.82) is 0 Å². The molecular formula is C10H11NS2. The standard InChI is InChI=1S/C10H11NS2/c1-8-3-2-4-9(7-8)11-5-6-13-10(11)12/h2-4,7H,5-6H2,1H3. The highest BCUT2D eigenvalue weighted by Gasteiger charge is 2.18. The van der Waals surface area contributed by atoms with Crippen LogP contribution in [0.3, 0.4) is 0 Å². The van der Waals surface area contributed by atoms with Gasteiger partial charge in [-0.2, -0.15) is 0 Å². The molecular weight excluding hydrogens is 198 g/mol. The molecule has 2 rings (SSSR count). The number of aryl methyl sites for hydroxylation is 1. The summed E-state index contributed by atoms with van der Waals surface area (Å²) in [6.45, 7) is 3.16. The Morgan fingerprint density at radius 2 is 2.31 bits per heavy atom. The van der Waals surface area contributed by atoms with Gasteiger partial charge in [0.2, 0.25) is 0 Å². The zero-order valence-corrected chi connectivity index (χ0v) is 9.12. The second kappa shape index (κ2) is 3.68. The summed E-state index contributed by atoms with van der Waals surface area (Å²) in [4.78, 5) is 2.20. The first-order valence-corrected chi connectivity index (χ1v) is 5.68. The van der Waals surface area contributed by atoms with Gasteiger partial charge in [0.05, 0.1) is 0 Å². The first-order chi connectivity index (χ1) is 6.27. The van der Waals surface area contributed by atoms with Gasteiger partial charge in [-0.15, -0.1) is 0 Å². The van der Waals surface area contributed by atoms with Crippen LogP contribution in [-0.2, 0) is 0 Å². The number of nitrogens with zero attached hydrogens (tertiary/aromatic N) is 1. The minimum absolute atomic E-state index is 1.01. The van der Waals surface area contributed by atoms with Gasteiger partial charge in [-0.1, -0.05) is 36.1 Å². The minimum Gasteiger partial charge on any atom is -0.326 e. The maximum absolute atomic E-state index is 5.25. The molecule has 0 saturated carbocycles. The van der Waals surface area contributed by atoms with E-state index >= 15 is 0 Å². The molecule has 0 N–H and O–H groups in total. The molecule has 1 fully saturated rings. The fourth-order valence-corrected chi connectivity index (χ4v) is 2.67. The van der Waals surface area contributed by atoms with Crippen molar-refractivity contribution in [3.05, 3.63) is 29.8 Å². The number of hydrogen-bond donors (Lipinski definition) is 0. The molecule has 1 nitrogen and oxygen atoms in total. The highest BCUT2D eigenvalue weighted by Crippen LogP contribution is 2.25. The molecule has 0 spiro atoms.